The second-order valence-corrected chi connectivity index (χ2v) is 3.92. The van der Waals surface area contributed by atoms with E-state index in [0.717, 1.165) is 11.5 Å². The average Bonchev–Trinajstić information content (AvgIpc) is 2.87. The third-order valence-corrected chi connectivity index (χ3v) is 2.68. The molecule has 2 aromatic heterocycles. The molecule has 2 rings (SSSR count). The Morgan fingerprint density at radius 2 is 2.41 bits per heavy atom. The summed E-state index contributed by atoms with van der Waals surface area (Å²) in [4.78, 5) is 15.9. The van der Waals surface area contributed by atoms with E-state index in [4.69, 9.17) is 4.42 Å². The average molecular weight is 251 g/mol. The lowest BCUT2D eigenvalue weighted by molar-refractivity contribution is 0.0958. The van der Waals surface area contributed by atoms with Crippen LogP contribution < -0.4 is 5.43 Å². The Kier molecular flexibility index (Phi) is 3.24. The first-order chi connectivity index (χ1) is 8.16. The molecule has 2 aromatic rings. The van der Waals surface area contributed by atoms with Gasteiger partial charge >= 0.3 is 0 Å². The Hall–Kier alpha value is -2.09. The Bertz CT molecular complexity index is 559. The Morgan fingerprint density at radius 3 is 3.00 bits per heavy atom. The fraction of sp³-hybridized carbons (Fsp3) is 0.222. The summed E-state index contributed by atoms with van der Waals surface area (Å²) in [5.74, 6) is 0.673. The van der Waals surface area contributed by atoms with Crippen molar-refractivity contribution in [1.82, 2.24) is 20.0 Å². The van der Waals surface area contributed by atoms with Crippen molar-refractivity contribution in [2.75, 3.05) is 0 Å². The minimum absolute atomic E-state index is 0.343. The quantitative estimate of drug-likeness (QED) is 0.646. The number of aromatic nitrogens is 3. The number of hydrogen-bond acceptors (Lipinski definition) is 7. The number of hydrazone groups is 1. The number of carbonyl (C=O) groups excluding carboxylic acids is 1. The molecule has 2 heterocycles. The minimum atomic E-state index is -0.343. The van der Waals surface area contributed by atoms with E-state index < -0.39 is 0 Å². The molecule has 0 saturated heterocycles. The van der Waals surface area contributed by atoms with Gasteiger partial charge in [0.2, 0.25) is 0 Å². The highest BCUT2D eigenvalue weighted by molar-refractivity contribution is 7.07. The number of oxazole rings is 1. The normalized spacial score (nSPS) is 10.9. The fourth-order valence-electron chi connectivity index (χ4n) is 1.08. The highest BCUT2D eigenvalue weighted by Gasteiger charge is 2.11. The predicted octanol–water partition coefficient (Wildman–Crippen LogP) is 0.907. The van der Waals surface area contributed by atoms with Crippen molar-refractivity contribution < 1.29 is 9.21 Å². The lowest BCUT2D eigenvalue weighted by atomic mass is 10.4. The van der Waals surface area contributed by atoms with Crippen LogP contribution in [-0.2, 0) is 0 Å². The first kappa shape index (κ1) is 11.4. The number of nitrogens with one attached hydrogen (secondary N) is 1. The van der Waals surface area contributed by atoms with Crippen molar-refractivity contribution >= 4 is 23.7 Å². The standard InChI is InChI=1S/C9H9N5O2S/c1-5-8(17-14-12-5)9(15)13-11-4-7-3-10-6(2)16-7/h3-4H,1-2H3,(H,13,15)/b11-4+. The predicted molar refractivity (Wildman–Crippen MR) is 60.9 cm³/mol. The minimum Gasteiger partial charge on any atom is -0.440 e. The van der Waals surface area contributed by atoms with Gasteiger partial charge in [0.25, 0.3) is 5.91 Å². The van der Waals surface area contributed by atoms with Crippen LogP contribution in [0.1, 0.15) is 27.0 Å². The summed E-state index contributed by atoms with van der Waals surface area (Å²) in [6.07, 6.45) is 2.90. The van der Waals surface area contributed by atoms with Crippen molar-refractivity contribution in [1.29, 1.82) is 0 Å². The van der Waals surface area contributed by atoms with Gasteiger partial charge in [-0.05, 0) is 18.5 Å². The molecule has 0 atom stereocenters. The lowest BCUT2D eigenvalue weighted by Crippen LogP contribution is -2.17. The van der Waals surface area contributed by atoms with E-state index in [9.17, 15) is 4.79 Å². The van der Waals surface area contributed by atoms with Crippen LogP contribution in [0.15, 0.2) is 15.7 Å². The summed E-state index contributed by atoms with van der Waals surface area (Å²) in [6, 6.07) is 0. The molecule has 0 aliphatic rings. The van der Waals surface area contributed by atoms with E-state index in [0.29, 0.717) is 22.2 Å². The molecule has 0 saturated carbocycles. The van der Waals surface area contributed by atoms with Gasteiger partial charge in [0.05, 0.1) is 18.1 Å². The van der Waals surface area contributed by atoms with E-state index in [1.165, 1.54) is 12.4 Å². The van der Waals surface area contributed by atoms with Gasteiger partial charge in [-0.2, -0.15) is 5.10 Å². The molecule has 0 aromatic carbocycles. The lowest BCUT2D eigenvalue weighted by Gasteiger charge is -1.94. The largest absolute Gasteiger partial charge is 0.440 e. The number of nitrogens with zero attached hydrogens (tertiary/aromatic N) is 4. The summed E-state index contributed by atoms with van der Waals surface area (Å²) in [7, 11) is 0. The second kappa shape index (κ2) is 4.83. The maximum Gasteiger partial charge on any atom is 0.285 e. The molecular weight excluding hydrogens is 242 g/mol. The van der Waals surface area contributed by atoms with Crippen molar-refractivity contribution in [2.45, 2.75) is 13.8 Å². The Balaban J connectivity index is 1.97. The van der Waals surface area contributed by atoms with E-state index >= 15 is 0 Å². The van der Waals surface area contributed by atoms with Crippen LogP contribution in [0.4, 0.5) is 0 Å². The van der Waals surface area contributed by atoms with Gasteiger partial charge in [-0.15, -0.1) is 5.10 Å². The Morgan fingerprint density at radius 1 is 1.59 bits per heavy atom. The van der Waals surface area contributed by atoms with Crippen molar-refractivity contribution in [3.8, 4) is 0 Å². The highest BCUT2D eigenvalue weighted by Crippen LogP contribution is 2.08. The first-order valence-electron chi connectivity index (χ1n) is 4.71. The molecule has 0 bridgehead atoms. The van der Waals surface area contributed by atoms with Crippen LogP contribution in [0, 0.1) is 13.8 Å². The van der Waals surface area contributed by atoms with Crippen molar-refractivity contribution in [3.05, 3.63) is 28.4 Å². The monoisotopic (exact) mass is 251 g/mol. The van der Waals surface area contributed by atoms with Crippen LogP contribution >= 0.6 is 11.5 Å². The molecule has 0 aliphatic carbocycles. The molecule has 0 spiro atoms. The summed E-state index contributed by atoms with van der Waals surface area (Å²) < 4.78 is 8.81. The highest BCUT2D eigenvalue weighted by atomic mass is 32.1. The molecule has 1 N–H and O–H groups in total. The van der Waals surface area contributed by atoms with E-state index in [1.807, 2.05) is 0 Å². The first-order valence-corrected chi connectivity index (χ1v) is 5.49. The Labute approximate surface area is 101 Å². The van der Waals surface area contributed by atoms with E-state index in [1.54, 1.807) is 13.8 Å². The number of rotatable bonds is 3. The topological polar surface area (TPSA) is 93.3 Å². The van der Waals surface area contributed by atoms with Crippen molar-refractivity contribution in [3.63, 3.8) is 0 Å². The summed E-state index contributed by atoms with van der Waals surface area (Å²) in [5, 5.41) is 7.48. The maximum atomic E-state index is 11.6. The molecule has 0 aliphatic heterocycles. The van der Waals surface area contributed by atoms with Gasteiger partial charge in [0, 0.05) is 6.92 Å². The molecule has 0 radical (unpaired) electrons. The van der Waals surface area contributed by atoms with Gasteiger partial charge in [0.15, 0.2) is 11.7 Å². The SMILES string of the molecule is Cc1ncc(/C=N/NC(=O)c2snnc2C)o1. The molecular formula is C9H9N5O2S. The van der Waals surface area contributed by atoms with Crippen LogP contribution in [0.5, 0.6) is 0 Å². The van der Waals surface area contributed by atoms with Crippen LogP contribution in [0.2, 0.25) is 0 Å². The van der Waals surface area contributed by atoms with Crippen LogP contribution in [0.3, 0.4) is 0 Å². The number of carbonyl (C=O) groups is 1. The van der Waals surface area contributed by atoms with Gasteiger partial charge < -0.3 is 4.42 Å². The summed E-state index contributed by atoms with van der Waals surface area (Å²) in [6.45, 7) is 3.43. The van der Waals surface area contributed by atoms with Gasteiger partial charge in [-0.25, -0.2) is 10.4 Å². The molecule has 1 amide bonds. The number of aryl methyl sites for hydroxylation is 2. The summed E-state index contributed by atoms with van der Waals surface area (Å²) in [5.41, 5.74) is 2.94. The third-order valence-electron chi connectivity index (χ3n) is 1.85. The molecule has 88 valence electrons. The second-order valence-electron chi connectivity index (χ2n) is 3.17. The van der Waals surface area contributed by atoms with E-state index in [2.05, 4.69) is 25.1 Å². The molecule has 7 nitrogen and oxygen atoms in total. The number of amides is 1. The zero-order valence-corrected chi connectivity index (χ0v) is 9.98. The molecule has 8 heteroatoms. The summed E-state index contributed by atoms with van der Waals surface area (Å²) >= 11 is 1.03. The molecule has 0 unspecified atom stereocenters. The fourth-order valence-corrected chi connectivity index (χ4v) is 1.63. The number of hydrogen-bond donors (Lipinski definition) is 1. The van der Waals surface area contributed by atoms with Crippen molar-refractivity contribution in [2.24, 2.45) is 5.10 Å². The van der Waals surface area contributed by atoms with Crippen LogP contribution in [-0.4, -0.2) is 26.7 Å². The van der Waals surface area contributed by atoms with Crippen LogP contribution in [0.25, 0.3) is 0 Å². The maximum absolute atomic E-state index is 11.6. The van der Waals surface area contributed by atoms with Gasteiger partial charge in [-0.1, -0.05) is 4.49 Å². The zero-order chi connectivity index (χ0) is 12.3. The molecule has 17 heavy (non-hydrogen) atoms. The van der Waals surface area contributed by atoms with Gasteiger partial charge in [-0.3, -0.25) is 4.79 Å². The third kappa shape index (κ3) is 2.72. The molecule has 0 fully saturated rings. The van der Waals surface area contributed by atoms with E-state index in [-0.39, 0.29) is 5.91 Å². The zero-order valence-electron chi connectivity index (χ0n) is 9.17. The smallest absolute Gasteiger partial charge is 0.285 e. The van der Waals surface area contributed by atoms with Gasteiger partial charge in [0.1, 0.15) is 4.88 Å².